The van der Waals surface area contributed by atoms with Crippen LogP contribution in [-0.2, 0) is 10.8 Å². The highest BCUT2D eigenvalue weighted by Gasteiger charge is 2.48. The molecule has 0 radical (unpaired) electrons. The van der Waals surface area contributed by atoms with Crippen LogP contribution in [0.5, 0.6) is 0 Å². The third kappa shape index (κ3) is 4.32. The summed E-state index contributed by atoms with van der Waals surface area (Å²) >= 11 is -0.380. The standard InChI is InChI=1S/C20H23F3I/c1-18(2,3)14-6-10-16(11-7-14)24-17-12-8-15(9-13-17)19(4,5)20(21,22)23/h6-13H,1-5H3/q+1. The summed E-state index contributed by atoms with van der Waals surface area (Å²) in [7, 11) is 0. The number of hydrogen-bond acceptors (Lipinski definition) is 0. The van der Waals surface area contributed by atoms with Gasteiger partial charge in [-0.15, -0.1) is 0 Å². The quantitative estimate of drug-likeness (QED) is 0.635. The van der Waals surface area contributed by atoms with E-state index in [0.29, 0.717) is 5.56 Å². The lowest BCUT2D eigenvalue weighted by Crippen LogP contribution is -3.61. The summed E-state index contributed by atoms with van der Waals surface area (Å²) < 4.78 is 41.7. The Morgan fingerprint density at radius 3 is 1.33 bits per heavy atom. The number of rotatable bonds is 3. The van der Waals surface area contributed by atoms with E-state index in [1.807, 2.05) is 12.1 Å². The molecule has 0 saturated heterocycles. The Hall–Kier alpha value is -1.04. The molecule has 0 heterocycles. The molecule has 0 atom stereocenters. The fourth-order valence-electron chi connectivity index (χ4n) is 2.23. The lowest BCUT2D eigenvalue weighted by molar-refractivity contribution is -0.597. The molecule has 0 aliphatic carbocycles. The van der Waals surface area contributed by atoms with Crippen molar-refractivity contribution in [3.05, 3.63) is 66.8 Å². The highest BCUT2D eigenvalue weighted by molar-refractivity contribution is 5.25. The van der Waals surface area contributed by atoms with Crippen molar-refractivity contribution in [2.24, 2.45) is 0 Å². The predicted octanol–water partition coefficient (Wildman–Crippen LogP) is 2.95. The minimum atomic E-state index is -4.24. The Balaban J connectivity index is 2.15. The van der Waals surface area contributed by atoms with Crippen LogP contribution in [0.4, 0.5) is 13.2 Å². The second kappa shape index (κ2) is 6.70. The van der Waals surface area contributed by atoms with E-state index < -0.39 is 11.6 Å². The van der Waals surface area contributed by atoms with Gasteiger partial charge in [0.1, 0.15) is 0 Å². The van der Waals surface area contributed by atoms with Gasteiger partial charge in [0.2, 0.25) is 0 Å². The van der Waals surface area contributed by atoms with Crippen LogP contribution in [0, 0.1) is 7.14 Å². The molecule has 4 heteroatoms. The molecule has 0 amide bonds. The maximum absolute atomic E-state index is 13.1. The number of benzene rings is 2. The van der Waals surface area contributed by atoms with Crippen LogP contribution in [0.2, 0.25) is 0 Å². The second-order valence-corrected chi connectivity index (χ2v) is 10.5. The van der Waals surface area contributed by atoms with Crippen molar-refractivity contribution < 1.29 is 34.4 Å². The molecule has 0 aromatic heterocycles. The van der Waals surface area contributed by atoms with Crippen molar-refractivity contribution in [1.82, 2.24) is 0 Å². The Labute approximate surface area is 152 Å². The smallest absolute Gasteiger partial charge is 0.170 e. The molecule has 2 aromatic carbocycles. The van der Waals surface area contributed by atoms with Gasteiger partial charge in [-0.1, -0.05) is 45.0 Å². The average molecular weight is 447 g/mol. The summed E-state index contributed by atoms with van der Waals surface area (Å²) in [6.45, 7) is 8.99. The molecular weight excluding hydrogens is 424 g/mol. The van der Waals surface area contributed by atoms with Gasteiger partial charge < -0.3 is 0 Å². The molecule has 0 fully saturated rings. The zero-order valence-electron chi connectivity index (χ0n) is 14.6. The molecule has 0 saturated carbocycles. The molecular formula is C20H23F3I+. The molecule has 0 spiro atoms. The van der Waals surface area contributed by atoms with Crippen LogP contribution < -0.4 is 21.2 Å². The largest absolute Gasteiger partial charge is 0.397 e. The van der Waals surface area contributed by atoms with E-state index in [-0.39, 0.29) is 26.6 Å². The lowest BCUT2D eigenvalue weighted by atomic mass is 9.84. The van der Waals surface area contributed by atoms with Crippen LogP contribution >= 0.6 is 0 Å². The average Bonchev–Trinajstić information content (AvgIpc) is 2.46. The Morgan fingerprint density at radius 1 is 0.625 bits per heavy atom. The van der Waals surface area contributed by atoms with Gasteiger partial charge in [-0.05, 0) is 54.7 Å². The highest BCUT2D eigenvalue weighted by Crippen LogP contribution is 2.40. The molecule has 0 bridgehead atoms. The van der Waals surface area contributed by atoms with Crippen LogP contribution in [-0.4, -0.2) is 6.18 Å². The van der Waals surface area contributed by atoms with Gasteiger partial charge in [0.25, 0.3) is 0 Å². The zero-order chi connectivity index (χ0) is 18.2. The maximum atomic E-state index is 13.1. The van der Waals surface area contributed by atoms with Crippen molar-refractivity contribution >= 4 is 0 Å². The molecule has 0 nitrogen and oxygen atoms in total. The van der Waals surface area contributed by atoms with E-state index in [0.717, 1.165) is 3.57 Å². The summed E-state index contributed by atoms with van der Waals surface area (Å²) in [4.78, 5) is 0. The fourth-order valence-corrected chi connectivity index (χ4v) is 4.39. The predicted molar refractivity (Wildman–Crippen MR) is 88.1 cm³/mol. The molecule has 0 aliphatic rings. The third-order valence-electron chi connectivity index (χ3n) is 4.20. The Kier molecular flexibility index (Phi) is 5.38. The molecule has 2 aromatic rings. The normalized spacial score (nSPS) is 13.2. The van der Waals surface area contributed by atoms with Crippen molar-refractivity contribution in [1.29, 1.82) is 0 Å². The maximum Gasteiger partial charge on any atom is 0.397 e. The number of alkyl halides is 3. The van der Waals surface area contributed by atoms with E-state index in [2.05, 4.69) is 45.0 Å². The van der Waals surface area contributed by atoms with E-state index >= 15 is 0 Å². The van der Waals surface area contributed by atoms with E-state index in [9.17, 15) is 13.2 Å². The Morgan fingerprint density at radius 2 is 1.00 bits per heavy atom. The van der Waals surface area contributed by atoms with Crippen LogP contribution in [0.1, 0.15) is 45.7 Å². The van der Waals surface area contributed by atoms with Crippen molar-refractivity contribution in [2.45, 2.75) is 51.6 Å². The first-order valence-electron chi connectivity index (χ1n) is 7.84. The van der Waals surface area contributed by atoms with Gasteiger partial charge in [0.15, 0.2) is 7.14 Å². The lowest BCUT2D eigenvalue weighted by Gasteiger charge is -2.28. The van der Waals surface area contributed by atoms with E-state index in [4.69, 9.17) is 0 Å². The third-order valence-corrected chi connectivity index (χ3v) is 6.89. The summed E-state index contributed by atoms with van der Waals surface area (Å²) in [6.07, 6.45) is -4.24. The first-order valence-corrected chi connectivity index (χ1v) is 10.00. The van der Waals surface area contributed by atoms with Crippen molar-refractivity contribution in [3.63, 3.8) is 0 Å². The molecule has 130 valence electrons. The summed E-state index contributed by atoms with van der Waals surface area (Å²) in [5.74, 6) is 0. The first-order chi connectivity index (χ1) is 10.9. The van der Waals surface area contributed by atoms with Gasteiger partial charge in [-0.25, -0.2) is 0 Å². The topological polar surface area (TPSA) is 0 Å². The number of halogens is 4. The SMILES string of the molecule is CC(C)(C)c1ccc([I+]c2ccc(C(C)(C)C(F)(F)F)cc2)cc1. The van der Waals surface area contributed by atoms with Crippen molar-refractivity contribution in [2.75, 3.05) is 0 Å². The Bertz CT molecular complexity index is 675. The van der Waals surface area contributed by atoms with Crippen LogP contribution in [0.25, 0.3) is 0 Å². The van der Waals surface area contributed by atoms with Crippen molar-refractivity contribution in [3.8, 4) is 0 Å². The monoisotopic (exact) mass is 447 g/mol. The van der Waals surface area contributed by atoms with Gasteiger partial charge in [-0.2, -0.15) is 13.2 Å². The number of hydrogen-bond donors (Lipinski definition) is 0. The van der Waals surface area contributed by atoms with Crippen LogP contribution in [0.3, 0.4) is 0 Å². The summed E-state index contributed by atoms with van der Waals surface area (Å²) in [5.41, 5.74) is -0.0942. The minimum Gasteiger partial charge on any atom is -0.170 e. The van der Waals surface area contributed by atoms with Crippen LogP contribution in [0.15, 0.2) is 48.5 Å². The molecule has 0 unspecified atom stereocenters. The van der Waals surface area contributed by atoms with E-state index in [1.165, 1.54) is 23.0 Å². The van der Waals surface area contributed by atoms with Gasteiger partial charge in [-0.3, -0.25) is 0 Å². The van der Waals surface area contributed by atoms with Gasteiger partial charge in [0.05, 0.1) is 5.41 Å². The highest BCUT2D eigenvalue weighted by atomic mass is 127. The van der Waals surface area contributed by atoms with Gasteiger partial charge in [0, 0.05) is 0 Å². The van der Waals surface area contributed by atoms with Gasteiger partial charge >= 0.3 is 27.4 Å². The molecule has 0 aliphatic heterocycles. The zero-order valence-corrected chi connectivity index (χ0v) is 16.8. The molecule has 2 rings (SSSR count). The molecule has 0 N–H and O–H groups in total. The molecule has 24 heavy (non-hydrogen) atoms. The minimum absolute atomic E-state index is 0.127. The second-order valence-electron chi connectivity index (χ2n) is 7.48. The van der Waals surface area contributed by atoms with E-state index in [1.54, 1.807) is 12.1 Å². The summed E-state index contributed by atoms with van der Waals surface area (Å²) in [6, 6.07) is 15.5. The first kappa shape index (κ1) is 19.3. The summed E-state index contributed by atoms with van der Waals surface area (Å²) in [5, 5.41) is 0. The fraction of sp³-hybridized carbons (Fsp3) is 0.400.